The molecule has 12 heteroatoms. The van der Waals surface area contributed by atoms with Crippen molar-refractivity contribution in [2.45, 2.75) is 32.3 Å². The highest BCUT2D eigenvalue weighted by Crippen LogP contribution is 2.22. The Morgan fingerprint density at radius 1 is 1.15 bits per heavy atom. The van der Waals surface area contributed by atoms with Crippen LogP contribution in [0.3, 0.4) is 0 Å². The first-order valence-electron chi connectivity index (χ1n) is 10.4. The van der Waals surface area contributed by atoms with Crippen LogP contribution in [-0.4, -0.2) is 73.1 Å². The van der Waals surface area contributed by atoms with E-state index in [2.05, 4.69) is 4.98 Å². The number of hydrogen-bond acceptors (Lipinski definition) is 8. The molecule has 0 N–H and O–H groups in total. The van der Waals surface area contributed by atoms with E-state index in [9.17, 15) is 22.8 Å². The van der Waals surface area contributed by atoms with Crippen molar-refractivity contribution in [3.63, 3.8) is 0 Å². The summed E-state index contributed by atoms with van der Waals surface area (Å²) in [6, 6.07) is 5.69. The van der Waals surface area contributed by atoms with Crippen molar-refractivity contribution in [2.75, 3.05) is 37.6 Å². The highest BCUT2D eigenvalue weighted by Gasteiger charge is 2.29. The number of nitrogens with zero attached hydrogens (tertiary/aromatic N) is 4. The van der Waals surface area contributed by atoms with Gasteiger partial charge in [-0.2, -0.15) is 4.31 Å². The maximum atomic E-state index is 13.0. The largest absolute Gasteiger partial charge is 0.456 e. The number of rotatable bonds is 7. The van der Waals surface area contributed by atoms with Crippen LogP contribution < -0.4 is 4.90 Å². The van der Waals surface area contributed by atoms with E-state index in [1.165, 1.54) is 58.7 Å². The van der Waals surface area contributed by atoms with Gasteiger partial charge in [-0.1, -0.05) is 6.07 Å². The van der Waals surface area contributed by atoms with Gasteiger partial charge in [0.2, 0.25) is 21.8 Å². The van der Waals surface area contributed by atoms with Gasteiger partial charge in [0.05, 0.1) is 16.2 Å². The van der Waals surface area contributed by atoms with Gasteiger partial charge in [-0.3, -0.25) is 14.5 Å². The summed E-state index contributed by atoms with van der Waals surface area (Å²) in [6.07, 6.45) is 0. The zero-order valence-electron chi connectivity index (χ0n) is 18.7. The SMILES string of the molecule is CCN(C(C)=O)c1nc(COC(=O)c2cccc(S(=O)(=O)N3CCN(C(C)=O)CC3)c2)cs1. The average Bonchev–Trinajstić information content (AvgIpc) is 3.26. The van der Waals surface area contributed by atoms with E-state index in [4.69, 9.17) is 4.74 Å². The number of carbonyl (C=O) groups excluding carboxylic acids is 3. The minimum absolute atomic E-state index is 0.00999. The molecule has 1 aliphatic heterocycles. The van der Waals surface area contributed by atoms with Crippen molar-refractivity contribution >= 4 is 44.3 Å². The fraction of sp³-hybridized carbons (Fsp3) is 0.429. The lowest BCUT2D eigenvalue weighted by molar-refractivity contribution is -0.130. The number of carbonyl (C=O) groups is 3. The molecular formula is C21H26N4O6S2. The number of thiazole rings is 1. The third kappa shape index (κ3) is 5.75. The minimum Gasteiger partial charge on any atom is -0.456 e. The molecule has 10 nitrogen and oxygen atoms in total. The Balaban J connectivity index is 1.66. The Morgan fingerprint density at radius 3 is 2.45 bits per heavy atom. The van der Waals surface area contributed by atoms with E-state index in [0.717, 1.165) is 0 Å². The van der Waals surface area contributed by atoms with Gasteiger partial charge in [0.25, 0.3) is 0 Å². The van der Waals surface area contributed by atoms with Crippen molar-refractivity contribution in [3.05, 3.63) is 40.9 Å². The van der Waals surface area contributed by atoms with Gasteiger partial charge in [0.15, 0.2) is 5.13 Å². The Labute approximate surface area is 196 Å². The lowest BCUT2D eigenvalue weighted by atomic mass is 10.2. The monoisotopic (exact) mass is 494 g/mol. The number of ether oxygens (including phenoxy) is 1. The number of amides is 2. The summed E-state index contributed by atoms with van der Waals surface area (Å²) in [7, 11) is -3.81. The van der Waals surface area contributed by atoms with E-state index in [0.29, 0.717) is 30.5 Å². The zero-order valence-corrected chi connectivity index (χ0v) is 20.3. The van der Waals surface area contributed by atoms with Crippen LogP contribution in [0.2, 0.25) is 0 Å². The van der Waals surface area contributed by atoms with Crippen LogP contribution in [0.25, 0.3) is 0 Å². The van der Waals surface area contributed by atoms with Gasteiger partial charge in [0, 0.05) is 52.0 Å². The lowest BCUT2D eigenvalue weighted by Crippen LogP contribution is -2.49. The van der Waals surface area contributed by atoms with Crippen LogP contribution in [0.1, 0.15) is 36.8 Å². The first-order valence-corrected chi connectivity index (χ1v) is 12.7. The number of hydrogen-bond donors (Lipinski definition) is 0. The topological polar surface area (TPSA) is 117 Å². The third-order valence-corrected chi connectivity index (χ3v) is 8.02. The molecule has 0 atom stereocenters. The molecule has 0 saturated carbocycles. The molecule has 0 unspecified atom stereocenters. The Hall–Kier alpha value is -2.83. The second-order valence-corrected chi connectivity index (χ2v) is 10.2. The summed E-state index contributed by atoms with van der Waals surface area (Å²) < 4.78 is 32.6. The van der Waals surface area contributed by atoms with Gasteiger partial charge in [-0.15, -0.1) is 11.3 Å². The lowest BCUT2D eigenvalue weighted by Gasteiger charge is -2.33. The quantitative estimate of drug-likeness (QED) is 0.538. The van der Waals surface area contributed by atoms with Gasteiger partial charge in [-0.05, 0) is 25.1 Å². The van der Waals surface area contributed by atoms with Gasteiger partial charge in [0.1, 0.15) is 6.61 Å². The number of piperazine rings is 1. The molecule has 3 rings (SSSR count). The van der Waals surface area contributed by atoms with E-state index in [-0.39, 0.29) is 42.0 Å². The van der Waals surface area contributed by atoms with Crippen molar-refractivity contribution in [1.82, 2.24) is 14.2 Å². The smallest absolute Gasteiger partial charge is 0.338 e. The molecule has 2 heterocycles. The molecular weight excluding hydrogens is 468 g/mol. The van der Waals surface area contributed by atoms with Crippen LogP contribution >= 0.6 is 11.3 Å². The predicted molar refractivity (Wildman–Crippen MR) is 122 cm³/mol. The summed E-state index contributed by atoms with van der Waals surface area (Å²) in [5.41, 5.74) is 0.600. The highest BCUT2D eigenvalue weighted by atomic mass is 32.2. The van der Waals surface area contributed by atoms with E-state index < -0.39 is 16.0 Å². The summed E-state index contributed by atoms with van der Waals surface area (Å²) in [4.78, 5) is 43.1. The third-order valence-electron chi connectivity index (χ3n) is 5.21. The molecule has 33 heavy (non-hydrogen) atoms. The fourth-order valence-electron chi connectivity index (χ4n) is 3.38. The highest BCUT2D eigenvalue weighted by molar-refractivity contribution is 7.89. The van der Waals surface area contributed by atoms with Crippen LogP contribution in [0.15, 0.2) is 34.5 Å². The van der Waals surface area contributed by atoms with Gasteiger partial charge in [-0.25, -0.2) is 18.2 Å². The molecule has 1 aliphatic rings. The Kier molecular flexibility index (Phi) is 7.82. The number of anilines is 1. The van der Waals surface area contributed by atoms with E-state index in [1.54, 1.807) is 10.3 Å². The molecule has 1 saturated heterocycles. The van der Waals surface area contributed by atoms with Crippen LogP contribution in [0.4, 0.5) is 5.13 Å². The normalized spacial score (nSPS) is 14.7. The number of benzene rings is 1. The molecule has 0 aliphatic carbocycles. The van der Waals surface area contributed by atoms with Crippen LogP contribution in [-0.2, 0) is 31.0 Å². The Bertz CT molecular complexity index is 1140. The molecule has 1 fully saturated rings. The predicted octanol–water partition coefficient (Wildman–Crippen LogP) is 1.73. The second kappa shape index (κ2) is 10.4. The second-order valence-electron chi connectivity index (χ2n) is 7.40. The summed E-state index contributed by atoms with van der Waals surface area (Å²) >= 11 is 1.27. The first-order chi connectivity index (χ1) is 15.6. The minimum atomic E-state index is -3.81. The van der Waals surface area contributed by atoms with Crippen molar-refractivity contribution in [1.29, 1.82) is 0 Å². The van der Waals surface area contributed by atoms with Gasteiger partial charge >= 0.3 is 5.97 Å². The number of esters is 1. The summed E-state index contributed by atoms with van der Waals surface area (Å²) in [5.74, 6) is -0.897. The van der Waals surface area contributed by atoms with Crippen LogP contribution in [0, 0.1) is 0 Å². The summed E-state index contributed by atoms with van der Waals surface area (Å²) in [5, 5.41) is 2.23. The summed E-state index contributed by atoms with van der Waals surface area (Å²) in [6.45, 7) is 6.16. The first kappa shape index (κ1) is 24.8. The van der Waals surface area contributed by atoms with Crippen molar-refractivity contribution in [3.8, 4) is 0 Å². The molecule has 178 valence electrons. The average molecular weight is 495 g/mol. The fourth-order valence-corrected chi connectivity index (χ4v) is 5.76. The van der Waals surface area contributed by atoms with E-state index in [1.807, 2.05) is 6.92 Å². The Morgan fingerprint density at radius 2 is 1.85 bits per heavy atom. The maximum absolute atomic E-state index is 13.0. The molecule has 1 aromatic carbocycles. The molecule has 0 radical (unpaired) electrons. The molecule has 2 aromatic rings. The van der Waals surface area contributed by atoms with Crippen molar-refractivity contribution < 1.29 is 27.5 Å². The van der Waals surface area contributed by atoms with Crippen LogP contribution in [0.5, 0.6) is 0 Å². The molecule has 0 bridgehead atoms. The maximum Gasteiger partial charge on any atom is 0.338 e. The van der Waals surface area contributed by atoms with Crippen molar-refractivity contribution in [2.24, 2.45) is 0 Å². The molecule has 2 amide bonds. The molecule has 0 spiro atoms. The number of sulfonamides is 1. The molecule has 1 aromatic heterocycles. The zero-order chi connectivity index (χ0) is 24.2. The van der Waals surface area contributed by atoms with E-state index >= 15 is 0 Å². The standard InChI is InChI=1S/C21H26N4O6S2/c1-4-25(16(3)27)21-22-18(14-32-21)13-31-20(28)17-6-5-7-19(12-17)33(29,30)24-10-8-23(9-11-24)15(2)26/h5-7,12,14H,4,8-11,13H2,1-3H3. The van der Waals surface area contributed by atoms with Gasteiger partial charge < -0.3 is 9.64 Å². The number of aromatic nitrogens is 1.